The van der Waals surface area contributed by atoms with Gasteiger partial charge < -0.3 is 14.9 Å². The second-order valence-electron chi connectivity index (χ2n) is 6.93. The lowest BCUT2D eigenvalue weighted by Crippen LogP contribution is -2.46. The third kappa shape index (κ3) is 3.16. The maximum atomic E-state index is 12.8. The van der Waals surface area contributed by atoms with Gasteiger partial charge in [-0.3, -0.25) is 4.79 Å². The van der Waals surface area contributed by atoms with Crippen molar-refractivity contribution in [1.29, 1.82) is 0 Å². The van der Waals surface area contributed by atoms with E-state index in [-0.39, 0.29) is 18.4 Å². The third-order valence-corrected chi connectivity index (χ3v) is 5.51. The average Bonchev–Trinajstić information content (AvgIpc) is 3.18. The Balaban J connectivity index is 1.58. The zero-order valence-electron chi connectivity index (χ0n) is 12.7. The molecule has 21 heavy (non-hydrogen) atoms. The molecule has 1 saturated carbocycles. The highest BCUT2D eigenvalue weighted by Crippen LogP contribution is 2.36. The summed E-state index contributed by atoms with van der Waals surface area (Å²) in [6.07, 6.45) is 8.48. The molecular weight excluding hydrogens is 268 g/mol. The highest BCUT2D eigenvalue weighted by atomic mass is 16.4. The molecule has 118 valence electrons. The lowest BCUT2D eigenvalue weighted by Gasteiger charge is -2.32. The number of rotatable bonds is 3. The summed E-state index contributed by atoms with van der Waals surface area (Å²) in [5.41, 5.74) is 0. The molecule has 0 aromatic rings. The van der Waals surface area contributed by atoms with Gasteiger partial charge in [-0.15, -0.1) is 0 Å². The number of hydrogen-bond donors (Lipinski definition) is 1. The molecule has 3 aliphatic rings. The first-order valence-electron chi connectivity index (χ1n) is 8.42. The van der Waals surface area contributed by atoms with Crippen molar-refractivity contribution in [1.82, 2.24) is 9.80 Å². The lowest BCUT2D eigenvalue weighted by molar-refractivity contribution is -0.138. The fraction of sp³-hybridized carbons (Fsp3) is 0.875. The van der Waals surface area contributed by atoms with E-state index in [9.17, 15) is 9.59 Å². The Morgan fingerprint density at radius 2 is 1.76 bits per heavy atom. The van der Waals surface area contributed by atoms with Gasteiger partial charge in [0, 0.05) is 32.1 Å². The van der Waals surface area contributed by atoms with E-state index < -0.39 is 5.97 Å². The minimum absolute atomic E-state index is 0.138. The SMILES string of the molecule is O=C(O)CC1CCN(C(=O)N2CCCC2C2CCCC2)C1. The molecule has 0 bridgehead atoms. The van der Waals surface area contributed by atoms with Crippen LogP contribution >= 0.6 is 0 Å². The lowest BCUT2D eigenvalue weighted by atomic mass is 9.96. The van der Waals surface area contributed by atoms with Gasteiger partial charge in [0.05, 0.1) is 0 Å². The zero-order valence-corrected chi connectivity index (χ0v) is 12.7. The molecule has 5 heteroatoms. The molecule has 1 aliphatic carbocycles. The first-order chi connectivity index (χ1) is 10.1. The van der Waals surface area contributed by atoms with Gasteiger partial charge in [0.1, 0.15) is 0 Å². The van der Waals surface area contributed by atoms with Crippen molar-refractivity contribution >= 4 is 12.0 Å². The van der Waals surface area contributed by atoms with Crippen LogP contribution in [-0.2, 0) is 4.79 Å². The molecule has 2 amide bonds. The Kier molecular flexibility index (Phi) is 4.36. The molecule has 0 aromatic heterocycles. The van der Waals surface area contributed by atoms with E-state index >= 15 is 0 Å². The minimum Gasteiger partial charge on any atom is -0.481 e. The second-order valence-corrected chi connectivity index (χ2v) is 6.93. The number of hydrogen-bond acceptors (Lipinski definition) is 2. The van der Waals surface area contributed by atoms with Crippen molar-refractivity contribution in [3.8, 4) is 0 Å². The molecule has 2 heterocycles. The molecule has 2 aliphatic heterocycles. The third-order valence-electron chi connectivity index (χ3n) is 5.51. The number of likely N-dealkylation sites (tertiary alicyclic amines) is 2. The van der Waals surface area contributed by atoms with Crippen LogP contribution in [0.15, 0.2) is 0 Å². The summed E-state index contributed by atoms with van der Waals surface area (Å²) in [6, 6.07) is 0.607. The zero-order chi connectivity index (χ0) is 14.8. The summed E-state index contributed by atoms with van der Waals surface area (Å²) in [6.45, 7) is 2.24. The van der Waals surface area contributed by atoms with Crippen LogP contribution in [0.5, 0.6) is 0 Å². The standard InChI is InChI=1S/C16H26N2O3/c19-15(20)10-12-7-9-17(11-12)16(21)18-8-3-6-14(18)13-4-1-2-5-13/h12-14H,1-11H2,(H,19,20). The van der Waals surface area contributed by atoms with E-state index in [2.05, 4.69) is 4.90 Å². The Morgan fingerprint density at radius 3 is 2.48 bits per heavy atom. The minimum atomic E-state index is -0.751. The molecule has 2 atom stereocenters. The Morgan fingerprint density at radius 1 is 1.00 bits per heavy atom. The van der Waals surface area contributed by atoms with E-state index in [1.807, 2.05) is 4.90 Å². The predicted molar refractivity (Wildman–Crippen MR) is 79.0 cm³/mol. The second kappa shape index (κ2) is 6.24. The summed E-state index contributed by atoms with van der Waals surface area (Å²) in [4.78, 5) is 27.5. The number of aliphatic carboxylic acids is 1. The molecule has 0 spiro atoms. The summed E-state index contributed by atoms with van der Waals surface area (Å²) < 4.78 is 0. The number of carbonyl (C=O) groups is 2. The van der Waals surface area contributed by atoms with Crippen LogP contribution in [-0.4, -0.2) is 52.6 Å². The summed E-state index contributed by atoms with van der Waals surface area (Å²) in [5.74, 6) is 0.0900. The molecule has 2 saturated heterocycles. The quantitative estimate of drug-likeness (QED) is 0.870. The number of carboxylic acid groups (broad SMARTS) is 1. The van der Waals surface area contributed by atoms with E-state index in [1.165, 1.54) is 25.7 Å². The van der Waals surface area contributed by atoms with Crippen LogP contribution in [0.3, 0.4) is 0 Å². The van der Waals surface area contributed by atoms with Gasteiger partial charge in [-0.1, -0.05) is 12.8 Å². The Labute approximate surface area is 126 Å². The normalized spacial score (nSPS) is 30.3. The summed E-state index contributed by atoms with van der Waals surface area (Å²) in [5, 5.41) is 8.88. The molecule has 3 rings (SSSR count). The molecular formula is C16H26N2O3. The Bertz CT molecular complexity index is 406. The first kappa shape index (κ1) is 14.7. The fourth-order valence-corrected chi connectivity index (χ4v) is 4.46. The van der Waals surface area contributed by atoms with Crippen molar-refractivity contribution in [2.24, 2.45) is 11.8 Å². The molecule has 2 unspecified atom stereocenters. The monoisotopic (exact) mass is 294 g/mol. The van der Waals surface area contributed by atoms with Crippen molar-refractivity contribution < 1.29 is 14.7 Å². The van der Waals surface area contributed by atoms with Crippen LogP contribution in [0.2, 0.25) is 0 Å². The van der Waals surface area contributed by atoms with Crippen molar-refractivity contribution in [3.63, 3.8) is 0 Å². The van der Waals surface area contributed by atoms with E-state index in [4.69, 9.17) is 5.11 Å². The van der Waals surface area contributed by atoms with Crippen LogP contribution in [0.1, 0.15) is 51.4 Å². The topological polar surface area (TPSA) is 60.9 Å². The molecule has 1 N–H and O–H groups in total. The van der Waals surface area contributed by atoms with Gasteiger partial charge in [0.25, 0.3) is 0 Å². The number of urea groups is 1. The van der Waals surface area contributed by atoms with Gasteiger partial charge in [-0.05, 0) is 43.9 Å². The number of carbonyl (C=O) groups excluding carboxylic acids is 1. The largest absolute Gasteiger partial charge is 0.481 e. The maximum Gasteiger partial charge on any atom is 0.320 e. The highest BCUT2D eigenvalue weighted by Gasteiger charge is 2.39. The van der Waals surface area contributed by atoms with E-state index in [1.54, 1.807) is 0 Å². The van der Waals surface area contributed by atoms with E-state index in [0.29, 0.717) is 18.5 Å². The maximum absolute atomic E-state index is 12.8. The van der Waals surface area contributed by atoms with Gasteiger partial charge >= 0.3 is 12.0 Å². The number of carboxylic acids is 1. The van der Waals surface area contributed by atoms with Gasteiger partial charge in [-0.25, -0.2) is 4.79 Å². The molecule has 3 fully saturated rings. The number of nitrogens with zero attached hydrogens (tertiary/aromatic N) is 2. The van der Waals surface area contributed by atoms with Gasteiger partial charge in [0.15, 0.2) is 0 Å². The molecule has 5 nitrogen and oxygen atoms in total. The predicted octanol–water partition coefficient (Wildman–Crippen LogP) is 2.56. The summed E-state index contributed by atoms with van der Waals surface area (Å²) >= 11 is 0. The highest BCUT2D eigenvalue weighted by molar-refractivity contribution is 5.76. The van der Waals surface area contributed by atoms with Crippen molar-refractivity contribution in [2.45, 2.75) is 57.4 Å². The van der Waals surface area contributed by atoms with Crippen LogP contribution in [0.4, 0.5) is 4.79 Å². The van der Waals surface area contributed by atoms with Crippen LogP contribution in [0.25, 0.3) is 0 Å². The Hall–Kier alpha value is -1.26. The first-order valence-corrected chi connectivity index (χ1v) is 8.42. The van der Waals surface area contributed by atoms with Crippen LogP contribution in [0, 0.1) is 11.8 Å². The van der Waals surface area contributed by atoms with Crippen molar-refractivity contribution in [3.05, 3.63) is 0 Å². The molecule has 0 radical (unpaired) electrons. The average molecular weight is 294 g/mol. The van der Waals surface area contributed by atoms with E-state index in [0.717, 1.165) is 32.4 Å². The van der Waals surface area contributed by atoms with Gasteiger partial charge in [0.2, 0.25) is 0 Å². The van der Waals surface area contributed by atoms with Gasteiger partial charge in [-0.2, -0.15) is 0 Å². The molecule has 0 aromatic carbocycles. The van der Waals surface area contributed by atoms with Crippen LogP contribution < -0.4 is 0 Å². The summed E-state index contributed by atoms with van der Waals surface area (Å²) in [7, 11) is 0. The fourth-order valence-electron chi connectivity index (χ4n) is 4.46. The van der Waals surface area contributed by atoms with Crippen molar-refractivity contribution in [2.75, 3.05) is 19.6 Å². The smallest absolute Gasteiger partial charge is 0.320 e. The number of amides is 2.